The number of aryl methyl sites for hydroxylation is 1. The van der Waals surface area contributed by atoms with Gasteiger partial charge in [0.05, 0.1) is 5.57 Å². The second-order valence-electron chi connectivity index (χ2n) is 6.24. The van der Waals surface area contributed by atoms with E-state index in [2.05, 4.69) is 26.2 Å². The van der Waals surface area contributed by atoms with Crippen molar-refractivity contribution in [3.05, 3.63) is 77.0 Å². The maximum atomic E-state index is 13.1. The monoisotopic (exact) mass is 346 g/mol. The van der Waals surface area contributed by atoms with E-state index in [-0.39, 0.29) is 5.91 Å². The average molecular weight is 346 g/mol. The number of rotatable bonds is 3. The molecule has 3 aromatic rings. The Bertz CT molecular complexity index is 975. The molecule has 4 rings (SSSR count). The highest BCUT2D eigenvalue weighted by molar-refractivity contribution is 6.06. The maximum absolute atomic E-state index is 13.1. The zero-order valence-electron chi connectivity index (χ0n) is 14.5. The lowest BCUT2D eigenvalue weighted by molar-refractivity contribution is -0.113. The summed E-state index contributed by atoms with van der Waals surface area (Å²) in [6, 6.07) is 17.0. The third-order valence-corrected chi connectivity index (χ3v) is 4.38. The number of allylic oxidation sites excluding steroid dienone is 1. The second kappa shape index (κ2) is 6.44. The molecule has 1 aliphatic heterocycles. The van der Waals surface area contributed by atoms with Crippen molar-refractivity contribution in [2.45, 2.75) is 19.9 Å². The molecule has 0 aliphatic carbocycles. The first-order valence-corrected chi connectivity index (χ1v) is 8.32. The summed E-state index contributed by atoms with van der Waals surface area (Å²) in [6.07, 6.45) is 0. The van der Waals surface area contributed by atoms with Gasteiger partial charge in [-0.2, -0.15) is 4.68 Å². The third-order valence-electron chi connectivity index (χ3n) is 4.38. The topological polar surface area (TPSA) is 84.7 Å². The molecule has 0 spiro atoms. The number of hydrogen-bond acceptors (Lipinski definition) is 5. The van der Waals surface area contributed by atoms with Crippen LogP contribution in [0.25, 0.3) is 0 Å². The minimum Gasteiger partial charge on any atom is -0.326 e. The van der Waals surface area contributed by atoms with Gasteiger partial charge in [-0.3, -0.25) is 4.79 Å². The quantitative estimate of drug-likeness (QED) is 0.762. The van der Waals surface area contributed by atoms with Gasteiger partial charge >= 0.3 is 0 Å². The molecule has 7 heteroatoms. The molecule has 2 aromatic carbocycles. The summed E-state index contributed by atoms with van der Waals surface area (Å²) >= 11 is 0. The van der Waals surface area contributed by atoms with E-state index in [0.29, 0.717) is 11.5 Å². The number of fused-ring (bicyclic) bond motifs is 1. The molecular weight excluding hydrogens is 328 g/mol. The summed E-state index contributed by atoms with van der Waals surface area (Å²) in [4.78, 5) is 13.1. The fraction of sp³-hybridized carbons (Fsp3) is 0.158. The van der Waals surface area contributed by atoms with Crippen molar-refractivity contribution in [1.82, 2.24) is 20.2 Å². The van der Waals surface area contributed by atoms with Crippen molar-refractivity contribution in [3.8, 4) is 0 Å². The largest absolute Gasteiger partial charge is 0.326 e. The minimum atomic E-state index is -0.395. The number of hydrogen-bond donors (Lipinski definition) is 2. The summed E-state index contributed by atoms with van der Waals surface area (Å²) < 4.78 is 1.63. The van der Waals surface area contributed by atoms with Gasteiger partial charge in [0.2, 0.25) is 5.95 Å². The normalized spacial score (nSPS) is 16.0. The van der Waals surface area contributed by atoms with Gasteiger partial charge in [-0.05, 0) is 42.0 Å². The van der Waals surface area contributed by atoms with Crippen molar-refractivity contribution in [1.29, 1.82) is 0 Å². The van der Waals surface area contributed by atoms with Gasteiger partial charge in [-0.15, -0.1) is 0 Å². The predicted molar refractivity (Wildman–Crippen MR) is 98.5 cm³/mol. The lowest BCUT2D eigenvalue weighted by atomic mass is 9.95. The summed E-state index contributed by atoms with van der Waals surface area (Å²) in [5, 5.41) is 17.9. The molecule has 0 saturated carbocycles. The van der Waals surface area contributed by atoms with Gasteiger partial charge in [0.15, 0.2) is 0 Å². The summed E-state index contributed by atoms with van der Waals surface area (Å²) in [7, 11) is 0. The van der Waals surface area contributed by atoms with Crippen LogP contribution in [0.1, 0.15) is 24.1 Å². The van der Waals surface area contributed by atoms with E-state index in [1.54, 1.807) is 4.68 Å². The van der Waals surface area contributed by atoms with E-state index in [4.69, 9.17) is 0 Å². The van der Waals surface area contributed by atoms with E-state index in [1.165, 1.54) is 0 Å². The van der Waals surface area contributed by atoms with Crippen LogP contribution in [0, 0.1) is 6.92 Å². The first-order chi connectivity index (χ1) is 12.6. The molecule has 2 heterocycles. The standard InChI is InChI=1S/C19H18N6O/c1-12-8-10-15(11-9-12)21-18(26)16-13(2)20-19-22-23-24-25(19)17(16)14-6-4-3-5-7-14/h3-11,17H,1-2H3,(H,21,26)(H,20,22,24)/t17-/m1/s1. The number of anilines is 2. The molecule has 1 aromatic heterocycles. The third kappa shape index (κ3) is 2.83. The van der Waals surface area contributed by atoms with Crippen molar-refractivity contribution >= 4 is 17.5 Å². The Morgan fingerprint density at radius 2 is 1.81 bits per heavy atom. The highest BCUT2D eigenvalue weighted by Crippen LogP contribution is 2.34. The number of carbonyl (C=O) groups is 1. The molecular formula is C19H18N6O. The van der Waals surface area contributed by atoms with Gasteiger partial charge in [0, 0.05) is 11.4 Å². The number of amides is 1. The molecule has 26 heavy (non-hydrogen) atoms. The second-order valence-corrected chi connectivity index (χ2v) is 6.24. The Balaban J connectivity index is 1.74. The summed E-state index contributed by atoms with van der Waals surface area (Å²) in [6.45, 7) is 3.87. The fourth-order valence-corrected chi connectivity index (χ4v) is 3.09. The van der Waals surface area contributed by atoms with E-state index in [1.807, 2.05) is 68.4 Å². The molecule has 1 amide bonds. The Morgan fingerprint density at radius 1 is 1.08 bits per heavy atom. The number of tetrazole rings is 1. The van der Waals surface area contributed by atoms with Crippen LogP contribution in [0.15, 0.2) is 65.9 Å². The predicted octanol–water partition coefficient (Wildman–Crippen LogP) is 2.91. The Morgan fingerprint density at radius 3 is 2.54 bits per heavy atom. The van der Waals surface area contributed by atoms with Crippen LogP contribution in [0.2, 0.25) is 0 Å². The van der Waals surface area contributed by atoms with Crippen LogP contribution in [-0.4, -0.2) is 26.1 Å². The van der Waals surface area contributed by atoms with Crippen LogP contribution in [0.5, 0.6) is 0 Å². The first kappa shape index (κ1) is 16.0. The van der Waals surface area contributed by atoms with Gasteiger partial charge in [-0.1, -0.05) is 53.1 Å². The molecule has 1 atom stereocenters. The SMILES string of the molecule is CC1=C(C(=O)Nc2ccc(C)cc2)[C@@H](c2ccccc2)n2nnnc2N1. The van der Waals surface area contributed by atoms with Gasteiger partial charge in [0.1, 0.15) is 6.04 Å². The van der Waals surface area contributed by atoms with Crippen molar-refractivity contribution in [3.63, 3.8) is 0 Å². The van der Waals surface area contributed by atoms with Crippen molar-refractivity contribution in [2.75, 3.05) is 10.6 Å². The highest BCUT2D eigenvalue weighted by atomic mass is 16.1. The van der Waals surface area contributed by atoms with E-state index < -0.39 is 6.04 Å². The molecule has 0 fully saturated rings. The van der Waals surface area contributed by atoms with Crippen LogP contribution in [0.4, 0.5) is 11.6 Å². The molecule has 7 nitrogen and oxygen atoms in total. The lowest BCUT2D eigenvalue weighted by Gasteiger charge is -2.28. The van der Waals surface area contributed by atoms with Crippen LogP contribution in [-0.2, 0) is 4.79 Å². The average Bonchev–Trinajstić information content (AvgIpc) is 3.11. The zero-order valence-corrected chi connectivity index (χ0v) is 14.5. The Hall–Kier alpha value is -3.48. The van der Waals surface area contributed by atoms with Crippen LogP contribution < -0.4 is 10.6 Å². The Kier molecular flexibility index (Phi) is 3.96. The van der Waals surface area contributed by atoms with Crippen LogP contribution >= 0.6 is 0 Å². The van der Waals surface area contributed by atoms with Crippen LogP contribution in [0.3, 0.4) is 0 Å². The van der Waals surface area contributed by atoms with Gasteiger partial charge < -0.3 is 10.6 Å². The number of benzene rings is 2. The maximum Gasteiger partial charge on any atom is 0.255 e. The molecule has 130 valence electrons. The van der Waals surface area contributed by atoms with Crippen molar-refractivity contribution < 1.29 is 4.79 Å². The zero-order chi connectivity index (χ0) is 18.1. The fourth-order valence-electron chi connectivity index (χ4n) is 3.09. The smallest absolute Gasteiger partial charge is 0.255 e. The van der Waals surface area contributed by atoms with E-state index >= 15 is 0 Å². The minimum absolute atomic E-state index is 0.186. The summed E-state index contributed by atoms with van der Waals surface area (Å²) in [5.41, 5.74) is 4.13. The molecule has 0 unspecified atom stereocenters. The number of nitrogens with zero attached hydrogens (tertiary/aromatic N) is 4. The molecule has 1 aliphatic rings. The van der Waals surface area contributed by atoms with Crippen molar-refractivity contribution in [2.24, 2.45) is 0 Å². The van der Waals surface area contributed by atoms with Gasteiger partial charge in [0.25, 0.3) is 5.91 Å². The van der Waals surface area contributed by atoms with Gasteiger partial charge in [-0.25, -0.2) is 0 Å². The summed E-state index contributed by atoms with van der Waals surface area (Å²) in [5.74, 6) is 0.331. The lowest BCUT2D eigenvalue weighted by Crippen LogP contribution is -2.31. The number of nitrogens with one attached hydrogen (secondary N) is 2. The number of carbonyl (C=O) groups excluding carboxylic acids is 1. The Labute approximate surface area is 150 Å². The van der Waals surface area contributed by atoms with E-state index in [9.17, 15) is 4.79 Å². The highest BCUT2D eigenvalue weighted by Gasteiger charge is 2.33. The molecule has 0 saturated heterocycles. The molecule has 0 radical (unpaired) electrons. The van der Waals surface area contributed by atoms with E-state index in [0.717, 1.165) is 22.5 Å². The first-order valence-electron chi connectivity index (χ1n) is 8.32. The number of aromatic nitrogens is 4. The molecule has 0 bridgehead atoms. The molecule has 2 N–H and O–H groups in total.